The van der Waals surface area contributed by atoms with Gasteiger partial charge in [0.15, 0.2) is 0 Å². The van der Waals surface area contributed by atoms with E-state index in [1.807, 2.05) is 5.38 Å². The van der Waals surface area contributed by atoms with Gasteiger partial charge in [0.05, 0.1) is 23.7 Å². The number of hydrogen-bond donors (Lipinski definition) is 2. The van der Waals surface area contributed by atoms with Crippen LogP contribution in [0.25, 0.3) is 0 Å². The van der Waals surface area contributed by atoms with Gasteiger partial charge in [-0.05, 0) is 72.2 Å². The van der Waals surface area contributed by atoms with Gasteiger partial charge < -0.3 is 9.73 Å². The average Bonchev–Trinajstić information content (AvgIpc) is 3.49. The quantitative estimate of drug-likeness (QED) is 0.438. The fraction of sp³-hybridized carbons (Fsp3) is 0.348. The molecule has 2 N–H and O–H groups in total. The molecule has 0 saturated carbocycles. The summed E-state index contributed by atoms with van der Waals surface area (Å²) in [5.74, 6) is 0.215. The maximum Gasteiger partial charge on any atom is 0.251 e. The molecular weight excluding hydrogens is 446 g/mol. The topological polar surface area (TPSA) is 91.7 Å². The Bertz CT molecular complexity index is 1110. The van der Waals surface area contributed by atoms with Gasteiger partial charge >= 0.3 is 0 Å². The Balaban J connectivity index is 1.74. The highest BCUT2D eigenvalue weighted by molar-refractivity contribution is 7.89. The molecule has 9 heteroatoms. The number of sulfonamides is 1. The summed E-state index contributed by atoms with van der Waals surface area (Å²) < 4.78 is 33.1. The number of carbonyl (C=O) groups excluding carboxylic acids is 1. The zero-order valence-corrected chi connectivity index (χ0v) is 20.1. The summed E-state index contributed by atoms with van der Waals surface area (Å²) in [6, 6.07) is 10.1. The van der Waals surface area contributed by atoms with Gasteiger partial charge in [-0.15, -0.1) is 0 Å². The van der Waals surface area contributed by atoms with Crippen LogP contribution in [0.4, 0.5) is 0 Å². The van der Waals surface area contributed by atoms with Crippen LogP contribution >= 0.6 is 11.3 Å². The van der Waals surface area contributed by atoms with Gasteiger partial charge in [0.2, 0.25) is 10.0 Å². The van der Waals surface area contributed by atoms with Crippen LogP contribution < -0.4 is 10.0 Å². The SMILES string of the molecule is CCN(CC)C(CNC(=O)c1cc(S(=O)(=O)NCc2ccco2)ccc1C)c1ccsc1. The fourth-order valence-electron chi connectivity index (χ4n) is 3.55. The summed E-state index contributed by atoms with van der Waals surface area (Å²) in [7, 11) is -3.79. The van der Waals surface area contributed by atoms with Crippen LogP contribution in [0.3, 0.4) is 0 Å². The van der Waals surface area contributed by atoms with Crippen LogP contribution in [-0.4, -0.2) is 38.9 Å². The Hall–Kier alpha value is -2.46. The van der Waals surface area contributed by atoms with Crippen LogP contribution in [0, 0.1) is 6.92 Å². The van der Waals surface area contributed by atoms with Crippen molar-refractivity contribution in [3.63, 3.8) is 0 Å². The smallest absolute Gasteiger partial charge is 0.251 e. The molecule has 0 saturated heterocycles. The molecule has 2 heterocycles. The molecular formula is C23H29N3O4S2. The van der Waals surface area contributed by atoms with Crippen LogP contribution in [0.5, 0.6) is 0 Å². The minimum Gasteiger partial charge on any atom is -0.468 e. The van der Waals surface area contributed by atoms with Gasteiger partial charge in [-0.3, -0.25) is 9.69 Å². The number of hydrogen-bond acceptors (Lipinski definition) is 6. The summed E-state index contributed by atoms with van der Waals surface area (Å²) in [6.07, 6.45) is 1.49. The van der Waals surface area contributed by atoms with E-state index in [2.05, 4.69) is 40.2 Å². The Morgan fingerprint density at radius 1 is 1.19 bits per heavy atom. The first kappa shape index (κ1) is 24.2. The molecule has 0 aliphatic rings. The van der Waals surface area contributed by atoms with E-state index in [-0.39, 0.29) is 23.4 Å². The summed E-state index contributed by atoms with van der Waals surface area (Å²) in [4.78, 5) is 15.3. The van der Waals surface area contributed by atoms with Gasteiger partial charge in [0.1, 0.15) is 5.76 Å². The van der Waals surface area contributed by atoms with E-state index in [9.17, 15) is 13.2 Å². The minimum absolute atomic E-state index is 0.0386. The number of aryl methyl sites for hydroxylation is 1. The van der Waals surface area contributed by atoms with Crippen molar-refractivity contribution in [1.29, 1.82) is 0 Å². The molecule has 3 rings (SSSR count). The predicted molar refractivity (Wildman–Crippen MR) is 126 cm³/mol. The third-order valence-electron chi connectivity index (χ3n) is 5.42. The number of carbonyl (C=O) groups is 1. The molecule has 172 valence electrons. The predicted octanol–water partition coefficient (Wildman–Crippen LogP) is 3.94. The summed E-state index contributed by atoms with van der Waals surface area (Å²) >= 11 is 1.63. The molecule has 3 aromatic rings. The molecule has 0 bridgehead atoms. The molecule has 0 aliphatic carbocycles. The van der Waals surface area contributed by atoms with Crippen molar-refractivity contribution < 1.29 is 17.6 Å². The molecule has 0 radical (unpaired) electrons. The van der Waals surface area contributed by atoms with Crippen molar-refractivity contribution in [2.45, 2.75) is 38.3 Å². The monoisotopic (exact) mass is 475 g/mol. The first-order valence-corrected chi connectivity index (χ1v) is 12.9. The van der Waals surface area contributed by atoms with Crippen molar-refractivity contribution in [2.75, 3.05) is 19.6 Å². The Labute approximate surface area is 193 Å². The van der Waals surface area contributed by atoms with Gasteiger partial charge in [0, 0.05) is 12.1 Å². The second-order valence-electron chi connectivity index (χ2n) is 7.38. The third kappa shape index (κ3) is 5.86. The number of rotatable bonds is 11. The first-order valence-electron chi connectivity index (χ1n) is 10.5. The molecule has 0 spiro atoms. The molecule has 1 unspecified atom stereocenters. The average molecular weight is 476 g/mol. The molecule has 1 amide bonds. The number of thiophene rings is 1. The lowest BCUT2D eigenvalue weighted by Crippen LogP contribution is -2.38. The molecule has 0 aliphatic heterocycles. The molecule has 1 aromatic carbocycles. The highest BCUT2D eigenvalue weighted by Crippen LogP contribution is 2.23. The van der Waals surface area contributed by atoms with Crippen LogP contribution in [0.1, 0.15) is 47.1 Å². The lowest BCUT2D eigenvalue weighted by atomic mass is 10.1. The fourth-order valence-corrected chi connectivity index (χ4v) is 5.27. The third-order valence-corrected chi connectivity index (χ3v) is 7.52. The highest BCUT2D eigenvalue weighted by Gasteiger charge is 2.22. The number of furan rings is 1. The van der Waals surface area contributed by atoms with Gasteiger partial charge in [-0.25, -0.2) is 13.1 Å². The van der Waals surface area contributed by atoms with E-state index in [1.54, 1.807) is 36.5 Å². The summed E-state index contributed by atoms with van der Waals surface area (Å²) in [6.45, 7) is 8.18. The largest absolute Gasteiger partial charge is 0.468 e. The van der Waals surface area contributed by atoms with Crippen molar-refractivity contribution in [1.82, 2.24) is 14.9 Å². The Morgan fingerprint density at radius 3 is 2.59 bits per heavy atom. The maximum atomic E-state index is 13.0. The Morgan fingerprint density at radius 2 is 1.97 bits per heavy atom. The van der Waals surface area contributed by atoms with E-state index in [4.69, 9.17) is 4.42 Å². The van der Waals surface area contributed by atoms with Crippen molar-refractivity contribution in [2.24, 2.45) is 0 Å². The van der Waals surface area contributed by atoms with Gasteiger partial charge in [-0.1, -0.05) is 19.9 Å². The van der Waals surface area contributed by atoms with Crippen molar-refractivity contribution >= 4 is 27.3 Å². The van der Waals surface area contributed by atoms with Crippen LogP contribution in [0.15, 0.2) is 62.7 Å². The van der Waals surface area contributed by atoms with Crippen LogP contribution in [-0.2, 0) is 16.6 Å². The van der Waals surface area contributed by atoms with E-state index < -0.39 is 10.0 Å². The highest BCUT2D eigenvalue weighted by atomic mass is 32.2. The summed E-state index contributed by atoms with van der Waals surface area (Å²) in [5.41, 5.74) is 2.21. The number of nitrogens with zero attached hydrogens (tertiary/aromatic N) is 1. The lowest BCUT2D eigenvalue weighted by Gasteiger charge is -2.29. The number of benzene rings is 1. The van der Waals surface area contributed by atoms with E-state index >= 15 is 0 Å². The zero-order chi connectivity index (χ0) is 23.1. The van der Waals surface area contributed by atoms with Crippen molar-refractivity contribution in [3.05, 3.63) is 75.9 Å². The van der Waals surface area contributed by atoms with Crippen molar-refractivity contribution in [3.8, 4) is 0 Å². The standard InChI is InChI=1S/C23H29N3O4S2/c1-4-26(5-2)22(18-10-12-31-16-18)15-24-23(27)21-13-20(9-8-17(21)3)32(28,29)25-14-19-7-6-11-30-19/h6-13,16,22,25H,4-5,14-15H2,1-3H3,(H,24,27). The summed E-state index contributed by atoms with van der Waals surface area (Å²) in [5, 5.41) is 7.13. The molecule has 2 aromatic heterocycles. The van der Waals surface area contributed by atoms with E-state index in [1.165, 1.54) is 18.4 Å². The Kier molecular flexibility index (Phi) is 8.25. The number of amides is 1. The number of likely N-dealkylation sites (N-methyl/N-ethyl adjacent to an activating group) is 1. The first-order chi connectivity index (χ1) is 15.4. The van der Waals surface area contributed by atoms with E-state index in [0.717, 1.165) is 18.7 Å². The van der Waals surface area contributed by atoms with E-state index in [0.29, 0.717) is 23.4 Å². The lowest BCUT2D eigenvalue weighted by molar-refractivity contribution is 0.0934. The minimum atomic E-state index is -3.79. The molecule has 7 nitrogen and oxygen atoms in total. The maximum absolute atomic E-state index is 13.0. The molecule has 32 heavy (non-hydrogen) atoms. The second-order valence-corrected chi connectivity index (χ2v) is 9.93. The molecule has 0 fully saturated rings. The number of nitrogens with one attached hydrogen (secondary N) is 2. The van der Waals surface area contributed by atoms with Gasteiger partial charge in [0.25, 0.3) is 5.91 Å². The molecule has 1 atom stereocenters. The van der Waals surface area contributed by atoms with Gasteiger partial charge in [-0.2, -0.15) is 11.3 Å². The normalized spacial score (nSPS) is 12.8. The zero-order valence-electron chi connectivity index (χ0n) is 18.5. The second kappa shape index (κ2) is 10.9. The van der Waals surface area contributed by atoms with Crippen LogP contribution in [0.2, 0.25) is 0 Å².